The Kier molecular flexibility index (Phi) is 4.64. The minimum absolute atomic E-state index is 0.954. The molecule has 1 aromatic heterocycles. The summed E-state index contributed by atoms with van der Waals surface area (Å²) in [5.41, 5.74) is 12.2. The highest BCUT2D eigenvalue weighted by molar-refractivity contribution is 6.18. The molecule has 0 N–H and O–H groups in total. The molecule has 0 saturated heterocycles. The van der Waals surface area contributed by atoms with E-state index in [0.29, 0.717) is 0 Å². The molecule has 0 atom stereocenters. The van der Waals surface area contributed by atoms with Crippen LogP contribution in [0.4, 0.5) is 0 Å². The summed E-state index contributed by atoms with van der Waals surface area (Å²) in [6.45, 7) is 0. The van der Waals surface area contributed by atoms with Gasteiger partial charge in [0.25, 0.3) is 0 Å². The van der Waals surface area contributed by atoms with E-state index >= 15 is 0 Å². The summed E-state index contributed by atoms with van der Waals surface area (Å²) in [4.78, 5) is 5.07. The van der Waals surface area contributed by atoms with Gasteiger partial charge in [0.05, 0.1) is 11.0 Å². The van der Waals surface area contributed by atoms with Crippen molar-refractivity contribution in [3.05, 3.63) is 146 Å². The van der Waals surface area contributed by atoms with Crippen molar-refractivity contribution in [2.24, 2.45) is 0 Å². The number of fused-ring (bicyclic) bond motifs is 5. The first-order chi connectivity index (χ1) is 20.3. The van der Waals surface area contributed by atoms with Crippen LogP contribution in [0.15, 0.2) is 146 Å². The van der Waals surface area contributed by atoms with Crippen molar-refractivity contribution in [1.82, 2.24) is 9.55 Å². The molecule has 41 heavy (non-hydrogen) atoms. The highest BCUT2D eigenvalue weighted by Gasteiger charge is 2.22. The van der Waals surface area contributed by atoms with E-state index in [1.807, 2.05) is 0 Å². The molecule has 7 aromatic carbocycles. The molecule has 2 nitrogen and oxygen atoms in total. The summed E-state index contributed by atoms with van der Waals surface area (Å²) in [7, 11) is 0. The van der Waals surface area contributed by atoms with Crippen molar-refractivity contribution in [3.63, 3.8) is 0 Å². The fourth-order valence-corrected chi connectivity index (χ4v) is 6.67. The quantitative estimate of drug-likeness (QED) is 0.227. The number of aromatic nitrogens is 2. The molecule has 0 radical (unpaired) electrons. The van der Waals surface area contributed by atoms with Gasteiger partial charge in [0, 0.05) is 11.3 Å². The zero-order chi connectivity index (χ0) is 26.9. The molecule has 0 unspecified atom stereocenters. The number of imidazole rings is 1. The third-order valence-corrected chi connectivity index (χ3v) is 8.53. The van der Waals surface area contributed by atoms with E-state index < -0.39 is 0 Å². The second kappa shape index (κ2) is 8.51. The Morgan fingerprint density at radius 1 is 0.439 bits per heavy atom. The van der Waals surface area contributed by atoms with Crippen LogP contribution in [0, 0.1) is 0 Å². The first kappa shape index (κ1) is 22.4. The van der Waals surface area contributed by atoms with Crippen molar-refractivity contribution < 1.29 is 0 Å². The SMILES string of the molecule is c1ccc(-n2c(-c3ccc4cc(-c5ccc6c7c(cccc57)-c5ccccc5-6)ccc4c3)nc3ccccc32)cc1. The molecule has 1 aliphatic carbocycles. The minimum atomic E-state index is 0.954. The molecular formula is C39H24N2. The first-order valence-corrected chi connectivity index (χ1v) is 14.1. The fourth-order valence-electron chi connectivity index (χ4n) is 6.67. The maximum atomic E-state index is 5.07. The number of rotatable bonds is 3. The third-order valence-electron chi connectivity index (χ3n) is 8.53. The van der Waals surface area contributed by atoms with Crippen LogP contribution in [0.25, 0.3) is 83.0 Å². The van der Waals surface area contributed by atoms with E-state index in [4.69, 9.17) is 4.98 Å². The van der Waals surface area contributed by atoms with Crippen LogP contribution in [0.5, 0.6) is 0 Å². The maximum absolute atomic E-state index is 5.07. The molecule has 0 fully saturated rings. The Bertz CT molecular complexity index is 2280. The van der Waals surface area contributed by atoms with Crippen molar-refractivity contribution in [3.8, 4) is 50.5 Å². The molecule has 0 bridgehead atoms. The lowest BCUT2D eigenvalue weighted by molar-refractivity contribution is 1.10. The molecule has 0 saturated carbocycles. The predicted molar refractivity (Wildman–Crippen MR) is 171 cm³/mol. The summed E-state index contributed by atoms with van der Waals surface area (Å²) >= 11 is 0. The minimum Gasteiger partial charge on any atom is -0.292 e. The standard InChI is InChI=1S/C39H24N2/c1-2-9-29(10-3-1)41-37-16-7-6-15-36(37)40-39(41)28-20-18-25-23-27(19-17-26(25)24-28)30-21-22-35-32-12-5-4-11-31(32)34-14-8-13-33(30)38(34)35/h1-24H. The lowest BCUT2D eigenvalue weighted by Gasteiger charge is -2.12. The fraction of sp³-hybridized carbons (Fsp3) is 0. The van der Waals surface area contributed by atoms with Gasteiger partial charge in [-0.3, -0.25) is 4.57 Å². The van der Waals surface area contributed by atoms with Crippen LogP contribution < -0.4 is 0 Å². The number of hydrogen-bond acceptors (Lipinski definition) is 1. The molecule has 190 valence electrons. The molecule has 0 spiro atoms. The monoisotopic (exact) mass is 520 g/mol. The molecular weight excluding hydrogens is 496 g/mol. The van der Waals surface area contributed by atoms with Crippen LogP contribution in [-0.2, 0) is 0 Å². The summed E-state index contributed by atoms with van der Waals surface area (Å²) in [6, 6.07) is 52.5. The molecule has 0 amide bonds. The van der Waals surface area contributed by atoms with E-state index in [2.05, 4.69) is 150 Å². The van der Waals surface area contributed by atoms with E-state index in [1.54, 1.807) is 0 Å². The third kappa shape index (κ3) is 3.28. The van der Waals surface area contributed by atoms with E-state index in [9.17, 15) is 0 Å². The van der Waals surface area contributed by atoms with Gasteiger partial charge in [-0.25, -0.2) is 4.98 Å². The largest absolute Gasteiger partial charge is 0.292 e. The smallest absolute Gasteiger partial charge is 0.145 e. The topological polar surface area (TPSA) is 17.8 Å². The van der Waals surface area contributed by atoms with Gasteiger partial charge in [-0.05, 0) is 91.3 Å². The van der Waals surface area contributed by atoms with Crippen LogP contribution in [0.1, 0.15) is 0 Å². The first-order valence-electron chi connectivity index (χ1n) is 14.1. The van der Waals surface area contributed by atoms with Crippen molar-refractivity contribution in [2.45, 2.75) is 0 Å². The second-order valence-corrected chi connectivity index (χ2v) is 10.8. The highest BCUT2D eigenvalue weighted by Crippen LogP contribution is 2.49. The molecule has 9 rings (SSSR count). The average Bonchev–Trinajstić information content (AvgIpc) is 3.59. The van der Waals surface area contributed by atoms with Crippen LogP contribution in [0.3, 0.4) is 0 Å². The lowest BCUT2D eigenvalue weighted by atomic mass is 9.93. The Balaban J connectivity index is 1.18. The van der Waals surface area contributed by atoms with Gasteiger partial charge < -0.3 is 0 Å². The Hall–Kier alpha value is -5.47. The molecule has 8 aromatic rings. The van der Waals surface area contributed by atoms with Crippen LogP contribution in [-0.4, -0.2) is 9.55 Å². The average molecular weight is 521 g/mol. The number of hydrogen-bond donors (Lipinski definition) is 0. The van der Waals surface area contributed by atoms with Crippen LogP contribution in [0.2, 0.25) is 0 Å². The van der Waals surface area contributed by atoms with Gasteiger partial charge in [-0.1, -0.05) is 109 Å². The molecule has 1 aliphatic rings. The normalized spacial score (nSPS) is 11.9. The van der Waals surface area contributed by atoms with Gasteiger partial charge >= 0.3 is 0 Å². The number of para-hydroxylation sites is 3. The summed E-state index contributed by atoms with van der Waals surface area (Å²) < 4.78 is 2.26. The lowest BCUT2D eigenvalue weighted by Crippen LogP contribution is -1.97. The van der Waals surface area contributed by atoms with Gasteiger partial charge in [-0.2, -0.15) is 0 Å². The summed E-state index contributed by atoms with van der Waals surface area (Å²) in [5.74, 6) is 0.954. The van der Waals surface area contributed by atoms with Crippen molar-refractivity contribution in [2.75, 3.05) is 0 Å². The predicted octanol–water partition coefficient (Wildman–Crippen LogP) is 10.3. The molecule has 2 heteroatoms. The van der Waals surface area contributed by atoms with Gasteiger partial charge in [0.1, 0.15) is 5.82 Å². The van der Waals surface area contributed by atoms with E-state index in [0.717, 1.165) is 28.1 Å². The van der Waals surface area contributed by atoms with Gasteiger partial charge in [-0.15, -0.1) is 0 Å². The molecule has 0 aliphatic heterocycles. The van der Waals surface area contributed by atoms with Gasteiger partial charge in [0.2, 0.25) is 0 Å². The number of benzene rings is 7. The van der Waals surface area contributed by atoms with Gasteiger partial charge in [0.15, 0.2) is 0 Å². The Morgan fingerprint density at radius 2 is 1.07 bits per heavy atom. The highest BCUT2D eigenvalue weighted by atomic mass is 15.1. The second-order valence-electron chi connectivity index (χ2n) is 10.8. The summed E-state index contributed by atoms with van der Waals surface area (Å²) in [5, 5.41) is 5.10. The molecule has 1 heterocycles. The maximum Gasteiger partial charge on any atom is 0.145 e. The Morgan fingerprint density at radius 3 is 1.90 bits per heavy atom. The Labute approximate surface area is 237 Å². The van der Waals surface area contributed by atoms with Crippen molar-refractivity contribution >= 4 is 32.6 Å². The van der Waals surface area contributed by atoms with Crippen molar-refractivity contribution in [1.29, 1.82) is 0 Å². The van der Waals surface area contributed by atoms with E-state index in [-0.39, 0.29) is 0 Å². The number of nitrogens with zero attached hydrogens (tertiary/aromatic N) is 2. The zero-order valence-electron chi connectivity index (χ0n) is 22.3. The zero-order valence-corrected chi connectivity index (χ0v) is 22.3. The van der Waals surface area contributed by atoms with E-state index in [1.165, 1.54) is 54.9 Å². The summed E-state index contributed by atoms with van der Waals surface area (Å²) in [6.07, 6.45) is 0. The van der Waals surface area contributed by atoms with Crippen LogP contribution >= 0.6 is 0 Å².